The summed E-state index contributed by atoms with van der Waals surface area (Å²) in [4.78, 5) is 2.57. The number of nitrogen functional groups attached to an aromatic ring is 1. The molecule has 4 nitrogen and oxygen atoms in total. The lowest BCUT2D eigenvalue weighted by Gasteiger charge is -2.21. The number of nitrogens with two attached hydrogens (primary N) is 1. The number of rotatable bonds is 1. The molecule has 15 heavy (non-hydrogen) atoms. The second kappa shape index (κ2) is 3.49. The lowest BCUT2D eigenvalue weighted by Crippen LogP contribution is -2.28. The van der Waals surface area contributed by atoms with Crippen LogP contribution in [0.15, 0.2) is 10.7 Å². The highest BCUT2D eigenvalue weighted by Crippen LogP contribution is 2.37. The molecule has 2 atom stereocenters. The van der Waals surface area contributed by atoms with Crippen molar-refractivity contribution >= 4 is 21.7 Å². The van der Waals surface area contributed by atoms with Gasteiger partial charge in [-0.25, -0.2) is 4.68 Å². The molecular formula is C10H15BrN4. The average molecular weight is 271 g/mol. The third kappa shape index (κ3) is 1.40. The SMILES string of the molecule is Nc1c(Br)cnn1C1CCN2CCCC12. The number of hydrogen-bond acceptors (Lipinski definition) is 3. The predicted molar refractivity (Wildman–Crippen MR) is 62.6 cm³/mol. The fraction of sp³-hybridized carbons (Fsp3) is 0.700. The maximum atomic E-state index is 6.00. The van der Waals surface area contributed by atoms with Crippen molar-refractivity contribution in [3.8, 4) is 0 Å². The first kappa shape index (κ1) is 9.66. The van der Waals surface area contributed by atoms with E-state index >= 15 is 0 Å². The van der Waals surface area contributed by atoms with E-state index in [1.807, 2.05) is 4.68 Å². The molecule has 2 unspecified atom stereocenters. The Morgan fingerprint density at radius 2 is 2.20 bits per heavy atom. The number of aromatic nitrogens is 2. The van der Waals surface area contributed by atoms with E-state index in [1.165, 1.54) is 32.4 Å². The molecule has 0 bridgehead atoms. The largest absolute Gasteiger partial charge is 0.383 e. The normalized spacial score (nSPS) is 31.0. The number of anilines is 1. The van der Waals surface area contributed by atoms with Gasteiger partial charge in [0.1, 0.15) is 5.82 Å². The number of nitrogens with zero attached hydrogens (tertiary/aromatic N) is 3. The van der Waals surface area contributed by atoms with Crippen LogP contribution in [0.25, 0.3) is 0 Å². The summed E-state index contributed by atoms with van der Waals surface area (Å²) in [5.74, 6) is 0.772. The van der Waals surface area contributed by atoms with Gasteiger partial charge in [-0.1, -0.05) is 0 Å². The van der Waals surface area contributed by atoms with Crippen molar-refractivity contribution in [1.82, 2.24) is 14.7 Å². The van der Waals surface area contributed by atoms with Gasteiger partial charge in [0.2, 0.25) is 0 Å². The van der Waals surface area contributed by atoms with Gasteiger partial charge in [0.25, 0.3) is 0 Å². The standard InChI is InChI=1S/C10H15BrN4/c11-7-6-13-15(10(7)12)9-3-5-14-4-1-2-8(9)14/h6,8-9H,1-5,12H2. The quantitative estimate of drug-likeness (QED) is 0.844. The molecule has 82 valence electrons. The molecule has 3 heterocycles. The monoisotopic (exact) mass is 270 g/mol. The van der Waals surface area contributed by atoms with Crippen molar-refractivity contribution in [2.24, 2.45) is 0 Å². The van der Waals surface area contributed by atoms with Gasteiger partial charge in [-0.05, 0) is 41.7 Å². The molecule has 0 saturated carbocycles. The highest BCUT2D eigenvalue weighted by molar-refractivity contribution is 9.10. The van der Waals surface area contributed by atoms with E-state index in [4.69, 9.17) is 5.73 Å². The minimum absolute atomic E-state index is 0.485. The van der Waals surface area contributed by atoms with Crippen molar-refractivity contribution in [3.05, 3.63) is 10.7 Å². The van der Waals surface area contributed by atoms with Crippen molar-refractivity contribution in [2.75, 3.05) is 18.8 Å². The minimum Gasteiger partial charge on any atom is -0.383 e. The molecule has 2 aliphatic rings. The second-order valence-electron chi connectivity index (χ2n) is 4.42. The van der Waals surface area contributed by atoms with E-state index in [0.717, 1.165) is 10.3 Å². The molecule has 0 radical (unpaired) electrons. The van der Waals surface area contributed by atoms with Gasteiger partial charge in [-0.3, -0.25) is 4.90 Å². The molecule has 2 N–H and O–H groups in total. The molecule has 2 fully saturated rings. The van der Waals surface area contributed by atoms with Crippen LogP contribution in [0.2, 0.25) is 0 Å². The minimum atomic E-state index is 0.485. The van der Waals surface area contributed by atoms with Crippen molar-refractivity contribution < 1.29 is 0 Å². The van der Waals surface area contributed by atoms with Crippen LogP contribution in [0, 0.1) is 0 Å². The van der Waals surface area contributed by atoms with E-state index in [9.17, 15) is 0 Å². The topological polar surface area (TPSA) is 47.1 Å². The highest BCUT2D eigenvalue weighted by atomic mass is 79.9. The van der Waals surface area contributed by atoms with Gasteiger partial charge < -0.3 is 5.73 Å². The summed E-state index contributed by atoms with van der Waals surface area (Å²) < 4.78 is 2.92. The van der Waals surface area contributed by atoms with E-state index in [-0.39, 0.29) is 0 Å². The van der Waals surface area contributed by atoms with E-state index in [0.29, 0.717) is 12.1 Å². The number of hydrogen-bond donors (Lipinski definition) is 1. The van der Waals surface area contributed by atoms with Crippen LogP contribution in [0.4, 0.5) is 5.82 Å². The van der Waals surface area contributed by atoms with Crippen LogP contribution in [-0.4, -0.2) is 33.8 Å². The Labute approximate surface area is 97.5 Å². The fourth-order valence-corrected chi connectivity index (χ4v) is 3.23. The summed E-state index contributed by atoms with van der Waals surface area (Å²) in [6.07, 6.45) is 5.60. The Morgan fingerprint density at radius 1 is 1.33 bits per heavy atom. The van der Waals surface area contributed by atoms with Gasteiger partial charge in [-0.15, -0.1) is 0 Å². The first-order chi connectivity index (χ1) is 7.27. The van der Waals surface area contributed by atoms with Crippen LogP contribution in [0.1, 0.15) is 25.3 Å². The molecule has 0 aliphatic carbocycles. The van der Waals surface area contributed by atoms with Gasteiger partial charge in [0.15, 0.2) is 0 Å². The first-order valence-electron chi connectivity index (χ1n) is 5.50. The van der Waals surface area contributed by atoms with Crippen molar-refractivity contribution in [1.29, 1.82) is 0 Å². The summed E-state index contributed by atoms with van der Waals surface area (Å²) in [6, 6.07) is 1.15. The van der Waals surface area contributed by atoms with Gasteiger partial charge in [-0.2, -0.15) is 5.10 Å². The molecule has 5 heteroatoms. The Balaban J connectivity index is 1.91. The Kier molecular flexibility index (Phi) is 2.25. The number of halogens is 1. The summed E-state index contributed by atoms with van der Waals surface area (Å²) in [7, 11) is 0. The molecule has 2 aliphatic heterocycles. The van der Waals surface area contributed by atoms with Crippen LogP contribution < -0.4 is 5.73 Å². The average Bonchev–Trinajstić information content (AvgIpc) is 2.85. The molecule has 0 amide bonds. The smallest absolute Gasteiger partial charge is 0.136 e. The maximum absolute atomic E-state index is 6.00. The zero-order valence-electron chi connectivity index (χ0n) is 8.56. The zero-order valence-corrected chi connectivity index (χ0v) is 10.2. The predicted octanol–water partition coefficient (Wildman–Crippen LogP) is 1.64. The van der Waals surface area contributed by atoms with E-state index in [1.54, 1.807) is 6.20 Å². The van der Waals surface area contributed by atoms with Crippen molar-refractivity contribution in [3.63, 3.8) is 0 Å². The summed E-state index contributed by atoms with van der Waals surface area (Å²) in [5, 5.41) is 4.38. The fourth-order valence-electron chi connectivity index (χ4n) is 2.96. The van der Waals surface area contributed by atoms with Crippen LogP contribution in [0.3, 0.4) is 0 Å². The lowest BCUT2D eigenvalue weighted by atomic mass is 10.1. The van der Waals surface area contributed by atoms with Crippen LogP contribution in [-0.2, 0) is 0 Å². The van der Waals surface area contributed by atoms with Gasteiger partial charge in [0.05, 0.1) is 16.7 Å². The highest BCUT2D eigenvalue weighted by Gasteiger charge is 2.39. The molecule has 2 saturated heterocycles. The molecule has 1 aromatic heterocycles. The molecule has 3 rings (SSSR count). The molecular weight excluding hydrogens is 256 g/mol. The van der Waals surface area contributed by atoms with Crippen molar-refractivity contribution in [2.45, 2.75) is 31.3 Å². The Bertz CT molecular complexity index is 375. The van der Waals surface area contributed by atoms with Gasteiger partial charge >= 0.3 is 0 Å². The first-order valence-corrected chi connectivity index (χ1v) is 6.29. The molecule has 0 aromatic carbocycles. The van der Waals surface area contributed by atoms with E-state index in [2.05, 4.69) is 25.9 Å². The third-order valence-corrected chi connectivity index (χ3v) is 4.28. The lowest BCUT2D eigenvalue weighted by molar-refractivity contribution is 0.283. The van der Waals surface area contributed by atoms with Crippen LogP contribution >= 0.6 is 15.9 Å². The van der Waals surface area contributed by atoms with Crippen LogP contribution in [0.5, 0.6) is 0 Å². The summed E-state index contributed by atoms with van der Waals surface area (Å²) in [6.45, 7) is 2.45. The number of fused-ring (bicyclic) bond motifs is 1. The summed E-state index contributed by atoms with van der Waals surface area (Å²) >= 11 is 3.41. The Morgan fingerprint density at radius 3 is 2.93 bits per heavy atom. The van der Waals surface area contributed by atoms with E-state index < -0.39 is 0 Å². The second-order valence-corrected chi connectivity index (χ2v) is 5.28. The maximum Gasteiger partial charge on any atom is 0.136 e. The zero-order chi connectivity index (χ0) is 10.4. The summed E-state index contributed by atoms with van der Waals surface area (Å²) in [5.41, 5.74) is 6.00. The van der Waals surface area contributed by atoms with Gasteiger partial charge in [0, 0.05) is 12.6 Å². The Hall–Kier alpha value is -0.550. The molecule has 1 aromatic rings. The molecule has 0 spiro atoms. The third-order valence-electron chi connectivity index (χ3n) is 3.67.